The Bertz CT molecular complexity index is 233. The van der Waals surface area contributed by atoms with E-state index in [2.05, 4.69) is 10.3 Å². The second-order valence-corrected chi connectivity index (χ2v) is 2.57. The number of carbonyl (C=O) groups excluding carboxylic acids is 2. The Hall–Kier alpha value is -1.19. The van der Waals surface area contributed by atoms with Crippen molar-refractivity contribution in [3.63, 3.8) is 0 Å². The van der Waals surface area contributed by atoms with E-state index in [0.29, 0.717) is 5.71 Å². The van der Waals surface area contributed by atoms with Crippen LogP contribution in [0.5, 0.6) is 0 Å². The number of urea groups is 1. The summed E-state index contributed by atoms with van der Waals surface area (Å²) in [5, 5.41) is 2.10. The average molecular weight is 154 g/mol. The molecule has 1 aliphatic rings. The number of nitrogens with zero attached hydrogens (tertiary/aromatic N) is 1. The first-order chi connectivity index (χ1) is 5.15. The molecule has 1 rings (SSSR count). The lowest BCUT2D eigenvalue weighted by atomic mass is 10.0. The molecule has 0 fully saturated rings. The van der Waals surface area contributed by atoms with E-state index in [9.17, 15) is 9.59 Å². The number of aliphatic imine (C=N–C) groups is 1. The Balaban J connectivity index is 2.79. The highest BCUT2D eigenvalue weighted by Gasteiger charge is 2.26. The van der Waals surface area contributed by atoms with Crippen LogP contribution in [0.15, 0.2) is 4.99 Å². The van der Waals surface area contributed by atoms with Crippen molar-refractivity contribution in [2.75, 3.05) is 0 Å². The quantitative estimate of drug-likeness (QED) is 0.637. The normalized spacial score (nSPS) is 19.6. The lowest BCUT2D eigenvalue weighted by Crippen LogP contribution is -2.28. The molecule has 0 spiro atoms. The van der Waals surface area contributed by atoms with E-state index in [0.717, 1.165) is 6.42 Å². The third-order valence-corrected chi connectivity index (χ3v) is 1.75. The fraction of sp³-hybridized carbons (Fsp3) is 0.571. The van der Waals surface area contributed by atoms with E-state index >= 15 is 0 Å². The monoisotopic (exact) mass is 154 g/mol. The third-order valence-electron chi connectivity index (χ3n) is 1.75. The van der Waals surface area contributed by atoms with Crippen molar-refractivity contribution in [2.45, 2.75) is 20.3 Å². The van der Waals surface area contributed by atoms with E-state index < -0.39 is 6.03 Å². The average Bonchev–Trinajstić information content (AvgIpc) is 2.28. The Labute approximate surface area is 64.7 Å². The smallest absolute Gasteiger partial charge is 0.271 e. The Morgan fingerprint density at radius 1 is 1.55 bits per heavy atom. The highest BCUT2D eigenvalue weighted by molar-refractivity contribution is 6.46. The summed E-state index contributed by atoms with van der Waals surface area (Å²) in [4.78, 5) is 25.0. The molecule has 0 aromatic rings. The zero-order valence-electron chi connectivity index (χ0n) is 6.55. The van der Waals surface area contributed by atoms with E-state index in [1.165, 1.54) is 0 Å². The predicted octanol–water partition coefficient (Wildman–Crippen LogP) is 0.723. The van der Waals surface area contributed by atoms with Crippen molar-refractivity contribution in [1.29, 1.82) is 0 Å². The Kier molecular flexibility index (Phi) is 2.03. The minimum atomic E-state index is -0.537. The van der Waals surface area contributed by atoms with E-state index in [1.54, 1.807) is 0 Å². The van der Waals surface area contributed by atoms with Gasteiger partial charge < -0.3 is 0 Å². The van der Waals surface area contributed by atoms with Gasteiger partial charge >= 0.3 is 6.03 Å². The molecule has 0 aliphatic carbocycles. The summed E-state index contributed by atoms with van der Waals surface area (Å²) in [6.07, 6.45) is 0.819. The number of imide groups is 1. The zero-order chi connectivity index (χ0) is 8.43. The van der Waals surface area contributed by atoms with Crippen LogP contribution in [-0.4, -0.2) is 17.6 Å². The van der Waals surface area contributed by atoms with Crippen LogP contribution in [0.25, 0.3) is 0 Å². The number of rotatable bonds is 2. The molecule has 11 heavy (non-hydrogen) atoms. The maximum absolute atomic E-state index is 10.9. The fourth-order valence-corrected chi connectivity index (χ4v) is 0.877. The largest absolute Gasteiger partial charge is 0.348 e. The number of hydrogen-bond donors (Lipinski definition) is 1. The van der Waals surface area contributed by atoms with Crippen molar-refractivity contribution in [3.05, 3.63) is 0 Å². The maximum Gasteiger partial charge on any atom is 0.348 e. The second kappa shape index (κ2) is 2.82. The minimum Gasteiger partial charge on any atom is -0.271 e. The van der Waals surface area contributed by atoms with Gasteiger partial charge in [-0.3, -0.25) is 10.1 Å². The molecule has 0 saturated carbocycles. The van der Waals surface area contributed by atoms with Gasteiger partial charge in [0, 0.05) is 5.92 Å². The van der Waals surface area contributed by atoms with Gasteiger partial charge in [0.25, 0.3) is 5.91 Å². The molecule has 1 atom stereocenters. The molecule has 1 N–H and O–H groups in total. The number of amides is 3. The molecular formula is C7H10N2O2. The molecule has 3 amide bonds. The van der Waals surface area contributed by atoms with Crippen molar-refractivity contribution in [1.82, 2.24) is 5.32 Å². The lowest BCUT2D eigenvalue weighted by Gasteiger charge is -2.03. The molecule has 1 heterocycles. The van der Waals surface area contributed by atoms with Crippen molar-refractivity contribution >= 4 is 17.6 Å². The summed E-state index contributed by atoms with van der Waals surface area (Å²) in [7, 11) is 0. The molecule has 0 radical (unpaired) electrons. The number of carbonyl (C=O) groups is 2. The molecule has 0 bridgehead atoms. The minimum absolute atomic E-state index is 0.0708. The van der Waals surface area contributed by atoms with Gasteiger partial charge in [0.05, 0.1) is 0 Å². The summed E-state index contributed by atoms with van der Waals surface area (Å²) in [5.41, 5.74) is 0.359. The molecule has 0 saturated heterocycles. The Morgan fingerprint density at radius 3 is 2.55 bits per heavy atom. The van der Waals surface area contributed by atoms with Crippen molar-refractivity contribution < 1.29 is 9.59 Å². The van der Waals surface area contributed by atoms with Crippen LogP contribution >= 0.6 is 0 Å². The summed E-state index contributed by atoms with van der Waals surface area (Å²) in [5.74, 6) is -0.272. The first kappa shape index (κ1) is 7.91. The summed E-state index contributed by atoms with van der Waals surface area (Å²) in [6.45, 7) is 3.82. The molecular weight excluding hydrogens is 144 g/mol. The highest BCUT2D eigenvalue weighted by atomic mass is 16.2. The lowest BCUT2D eigenvalue weighted by molar-refractivity contribution is -0.113. The number of hydrogen-bond acceptors (Lipinski definition) is 2. The summed E-state index contributed by atoms with van der Waals surface area (Å²) >= 11 is 0. The van der Waals surface area contributed by atoms with Crippen LogP contribution in [0.3, 0.4) is 0 Å². The Morgan fingerprint density at radius 2 is 2.18 bits per heavy atom. The first-order valence-corrected chi connectivity index (χ1v) is 3.59. The van der Waals surface area contributed by atoms with Gasteiger partial charge in [-0.15, -0.1) is 0 Å². The summed E-state index contributed by atoms with van der Waals surface area (Å²) in [6, 6.07) is -0.537. The molecule has 0 aromatic carbocycles. The van der Waals surface area contributed by atoms with Crippen LogP contribution < -0.4 is 5.32 Å². The SMILES string of the molecule is CCC(C)C1=NC(=O)NC1=O. The molecule has 60 valence electrons. The van der Waals surface area contributed by atoms with Crippen molar-refractivity contribution in [3.8, 4) is 0 Å². The number of nitrogens with one attached hydrogen (secondary N) is 1. The molecule has 4 nitrogen and oxygen atoms in total. The molecule has 1 unspecified atom stereocenters. The molecule has 0 aromatic heterocycles. The van der Waals surface area contributed by atoms with Crippen LogP contribution in [0.2, 0.25) is 0 Å². The van der Waals surface area contributed by atoms with Crippen LogP contribution in [-0.2, 0) is 4.79 Å². The van der Waals surface area contributed by atoms with Gasteiger partial charge in [0.15, 0.2) is 0 Å². The van der Waals surface area contributed by atoms with Crippen LogP contribution in [0, 0.1) is 5.92 Å². The highest BCUT2D eigenvalue weighted by Crippen LogP contribution is 2.07. The molecule has 1 aliphatic heterocycles. The van der Waals surface area contributed by atoms with Gasteiger partial charge in [-0.05, 0) is 6.42 Å². The standard InChI is InChI=1S/C7H10N2O2/c1-3-4(2)5-6(10)9-7(11)8-5/h4H,3H2,1-2H3,(H,9,10,11). The van der Waals surface area contributed by atoms with Gasteiger partial charge in [-0.25, -0.2) is 4.79 Å². The van der Waals surface area contributed by atoms with Gasteiger partial charge in [-0.1, -0.05) is 13.8 Å². The van der Waals surface area contributed by atoms with Gasteiger partial charge in [-0.2, -0.15) is 4.99 Å². The molecule has 4 heteroatoms. The topological polar surface area (TPSA) is 58.5 Å². The second-order valence-electron chi connectivity index (χ2n) is 2.57. The first-order valence-electron chi connectivity index (χ1n) is 3.59. The predicted molar refractivity (Wildman–Crippen MR) is 40.4 cm³/mol. The van der Waals surface area contributed by atoms with E-state index in [4.69, 9.17) is 0 Å². The van der Waals surface area contributed by atoms with E-state index in [-0.39, 0.29) is 11.8 Å². The van der Waals surface area contributed by atoms with Gasteiger partial charge in [0.2, 0.25) is 0 Å². The van der Waals surface area contributed by atoms with Crippen LogP contribution in [0.4, 0.5) is 4.79 Å². The van der Waals surface area contributed by atoms with Crippen molar-refractivity contribution in [2.24, 2.45) is 10.9 Å². The zero-order valence-corrected chi connectivity index (χ0v) is 6.55. The third kappa shape index (κ3) is 1.45. The van der Waals surface area contributed by atoms with Gasteiger partial charge in [0.1, 0.15) is 5.71 Å². The van der Waals surface area contributed by atoms with E-state index in [1.807, 2.05) is 13.8 Å². The maximum atomic E-state index is 10.9. The summed E-state index contributed by atoms with van der Waals surface area (Å²) < 4.78 is 0. The fourth-order valence-electron chi connectivity index (χ4n) is 0.877. The van der Waals surface area contributed by atoms with Crippen LogP contribution in [0.1, 0.15) is 20.3 Å².